The Morgan fingerprint density at radius 3 is 2.33 bits per heavy atom. The van der Waals surface area contributed by atoms with Gasteiger partial charge in [0, 0.05) is 46.5 Å². The highest BCUT2D eigenvalue weighted by Crippen LogP contribution is 2.22. The number of carbonyl (C=O) groups is 1. The molecule has 1 amide bonds. The third-order valence-electron chi connectivity index (χ3n) is 4.73. The fourth-order valence-electron chi connectivity index (χ4n) is 3.15. The molecule has 2 aromatic rings. The summed E-state index contributed by atoms with van der Waals surface area (Å²) in [6.07, 6.45) is 1.60. The zero-order valence-electron chi connectivity index (χ0n) is 15.5. The van der Waals surface area contributed by atoms with Crippen LogP contribution in [0.25, 0.3) is 0 Å². The van der Waals surface area contributed by atoms with E-state index in [0.29, 0.717) is 31.7 Å². The summed E-state index contributed by atoms with van der Waals surface area (Å²) in [7, 11) is 3.80. The zero-order valence-corrected chi connectivity index (χ0v) is 15.5. The van der Waals surface area contributed by atoms with E-state index in [0.717, 1.165) is 11.4 Å². The van der Waals surface area contributed by atoms with Crippen LogP contribution in [0.2, 0.25) is 0 Å². The lowest BCUT2D eigenvalue weighted by Crippen LogP contribution is -2.49. The lowest BCUT2D eigenvalue weighted by atomic mass is 10.1. The van der Waals surface area contributed by atoms with Crippen LogP contribution < -0.4 is 4.90 Å². The molecule has 1 atom stereocenters. The largest absolute Gasteiger partial charge is 0.363 e. The molecule has 1 aliphatic rings. The molecule has 0 saturated carbocycles. The molecule has 1 aromatic carbocycles. The Labute approximate surface area is 158 Å². The maximum atomic E-state index is 13.1. The molecule has 3 rings (SSSR count). The predicted molar refractivity (Wildman–Crippen MR) is 101 cm³/mol. The molecule has 1 saturated heterocycles. The SMILES string of the molecule is CN(C)c1ccc(C(=O)N2CCN([C@H](C#N)c3ccc(F)cc3)CC2)cn1. The fraction of sp³-hybridized carbons (Fsp3) is 0.350. The Morgan fingerprint density at radius 2 is 1.81 bits per heavy atom. The van der Waals surface area contributed by atoms with E-state index in [9.17, 15) is 14.4 Å². The van der Waals surface area contributed by atoms with Crippen molar-refractivity contribution in [3.8, 4) is 6.07 Å². The van der Waals surface area contributed by atoms with Crippen LogP contribution in [0.5, 0.6) is 0 Å². The molecule has 6 nitrogen and oxygen atoms in total. The van der Waals surface area contributed by atoms with Crippen molar-refractivity contribution in [1.29, 1.82) is 5.26 Å². The summed E-state index contributed by atoms with van der Waals surface area (Å²) >= 11 is 0. The van der Waals surface area contributed by atoms with E-state index < -0.39 is 6.04 Å². The number of halogens is 1. The molecule has 1 aromatic heterocycles. The number of aromatic nitrogens is 1. The molecule has 0 spiro atoms. The molecule has 0 radical (unpaired) electrons. The van der Waals surface area contributed by atoms with Crippen LogP contribution in [0.3, 0.4) is 0 Å². The second kappa shape index (κ2) is 8.14. The van der Waals surface area contributed by atoms with E-state index in [1.807, 2.05) is 30.0 Å². The standard InChI is InChI=1S/C20H22FN5O/c1-24(2)19-8-5-16(14-23-19)20(27)26-11-9-25(10-12-26)18(13-22)15-3-6-17(21)7-4-15/h3-8,14,18H,9-12H2,1-2H3/t18-/m1/s1. The zero-order chi connectivity index (χ0) is 19.4. The van der Waals surface area contributed by atoms with Crippen LogP contribution in [0.15, 0.2) is 42.6 Å². The normalized spacial score (nSPS) is 15.9. The smallest absolute Gasteiger partial charge is 0.255 e. The van der Waals surface area contributed by atoms with Gasteiger partial charge in [0.1, 0.15) is 17.7 Å². The van der Waals surface area contributed by atoms with Gasteiger partial charge in [0.25, 0.3) is 5.91 Å². The topological polar surface area (TPSA) is 63.5 Å². The van der Waals surface area contributed by atoms with Crippen molar-refractivity contribution in [1.82, 2.24) is 14.8 Å². The van der Waals surface area contributed by atoms with Gasteiger partial charge in [0.15, 0.2) is 0 Å². The van der Waals surface area contributed by atoms with Crippen molar-refractivity contribution in [3.63, 3.8) is 0 Å². The van der Waals surface area contributed by atoms with Crippen molar-refractivity contribution in [3.05, 3.63) is 59.5 Å². The first kappa shape index (κ1) is 18.8. The van der Waals surface area contributed by atoms with Gasteiger partial charge in [-0.15, -0.1) is 0 Å². The van der Waals surface area contributed by atoms with Crippen molar-refractivity contribution in [2.24, 2.45) is 0 Å². The van der Waals surface area contributed by atoms with Gasteiger partial charge < -0.3 is 9.80 Å². The molecular formula is C20H22FN5O. The van der Waals surface area contributed by atoms with Gasteiger partial charge in [0.2, 0.25) is 0 Å². The Hall–Kier alpha value is -2.98. The summed E-state index contributed by atoms with van der Waals surface area (Å²) in [6, 6.07) is 11.5. The van der Waals surface area contributed by atoms with E-state index in [1.54, 1.807) is 29.3 Å². The molecule has 1 aliphatic heterocycles. The minimum atomic E-state index is -0.441. The number of carbonyl (C=O) groups excluding carboxylic acids is 1. The monoisotopic (exact) mass is 367 g/mol. The lowest BCUT2D eigenvalue weighted by Gasteiger charge is -2.37. The van der Waals surface area contributed by atoms with Gasteiger partial charge in [0.05, 0.1) is 11.6 Å². The molecule has 2 heterocycles. The van der Waals surface area contributed by atoms with Crippen molar-refractivity contribution in [2.45, 2.75) is 6.04 Å². The number of rotatable bonds is 4. The summed E-state index contributed by atoms with van der Waals surface area (Å²) < 4.78 is 13.1. The van der Waals surface area contributed by atoms with Crippen LogP contribution in [0.1, 0.15) is 22.0 Å². The number of piperazine rings is 1. The minimum absolute atomic E-state index is 0.0530. The number of nitriles is 1. The van der Waals surface area contributed by atoms with Gasteiger partial charge in [-0.05, 0) is 29.8 Å². The van der Waals surface area contributed by atoms with Gasteiger partial charge in [-0.2, -0.15) is 5.26 Å². The first-order valence-electron chi connectivity index (χ1n) is 8.81. The van der Waals surface area contributed by atoms with Gasteiger partial charge >= 0.3 is 0 Å². The number of anilines is 1. The number of amides is 1. The Kier molecular flexibility index (Phi) is 5.67. The molecule has 0 unspecified atom stereocenters. The molecule has 27 heavy (non-hydrogen) atoms. The summed E-state index contributed by atoms with van der Waals surface area (Å²) in [4.78, 5) is 22.7. The second-order valence-corrected chi connectivity index (χ2v) is 6.71. The van der Waals surface area contributed by atoms with Crippen LogP contribution >= 0.6 is 0 Å². The number of hydrogen-bond acceptors (Lipinski definition) is 5. The average molecular weight is 367 g/mol. The summed E-state index contributed by atoms with van der Waals surface area (Å²) in [5.41, 5.74) is 1.33. The third kappa shape index (κ3) is 4.23. The van der Waals surface area contributed by atoms with Crippen molar-refractivity contribution < 1.29 is 9.18 Å². The second-order valence-electron chi connectivity index (χ2n) is 6.71. The number of benzene rings is 1. The van der Waals surface area contributed by atoms with Crippen molar-refractivity contribution >= 4 is 11.7 Å². The Morgan fingerprint density at radius 1 is 1.15 bits per heavy atom. The lowest BCUT2D eigenvalue weighted by molar-refractivity contribution is 0.0606. The molecular weight excluding hydrogens is 345 g/mol. The maximum Gasteiger partial charge on any atom is 0.255 e. The fourth-order valence-corrected chi connectivity index (χ4v) is 3.15. The van der Waals surface area contributed by atoms with Crippen molar-refractivity contribution in [2.75, 3.05) is 45.2 Å². The highest BCUT2D eigenvalue weighted by Gasteiger charge is 2.27. The first-order chi connectivity index (χ1) is 13.0. The van der Waals surface area contributed by atoms with E-state index >= 15 is 0 Å². The van der Waals surface area contributed by atoms with Crippen LogP contribution in [-0.4, -0.2) is 61.0 Å². The molecule has 1 fully saturated rings. The number of hydrogen-bond donors (Lipinski definition) is 0. The molecule has 0 N–H and O–H groups in total. The quantitative estimate of drug-likeness (QED) is 0.830. The molecule has 140 valence electrons. The first-order valence-corrected chi connectivity index (χ1v) is 8.81. The van der Waals surface area contributed by atoms with E-state index in [4.69, 9.17) is 0 Å². The third-order valence-corrected chi connectivity index (χ3v) is 4.73. The highest BCUT2D eigenvalue weighted by molar-refractivity contribution is 5.94. The van der Waals surface area contributed by atoms with Gasteiger partial charge in [-0.25, -0.2) is 9.37 Å². The minimum Gasteiger partial charge on any atom is -0.363 e. The number of nitrogens with zero attached hydrogens (tertiary/aromatic N) is 5. The van der Waals surface area contributed by atoms with E-state index in [-0.39, 0.29) is 11.7 Å². The van der Waals surface area contributed by atoms with Gasteiger partial charge in [-0.1, -0.05) is 12.1 Å². The molecule has 0 bridgehead atoms. The van der Waals surface area contributed by atoms with E-state index in [2.05, 4.69) is 11.1 Å². The van der Waals surface area contributed by atoms with Crippen LogP contribution in [-0.2, 0) is 0 Å². The molecule has 0 aliphatic carbocycles. The van der Waals surface area contributed by atoms with Crippen LogP contribution in [0.4, 0.5) is 10.2 Å². The Bertz CT molecular complexity index is 821. The summed E-state index contributed by atoms with van der Waals surface area (Å²) in [5.74, 6) is 0.426. The summed E-state index contributed by atoms with van der Waals surface area (Å²) in [5, 5.41) is 9.55. The predicted octanol–water partition coefficient (Wildman–Crippen LogP) is 2.31. The highest BCUT2D eigenvalue weighted by atomic mass is 19.1. The summed E-state index contributed by atoms with van der Waals surface area (Å²) in [6.45, 7) is 2.25. The average Bonchev–Trinajstić information content (AvgIpc) is 2.70. The Balaban J connectivity index is 1.63. The molecule has 7 heteroatoms. The van der Waals surface area contributed by atoms with E-state index in [1.165, 1.54) is 12.1 Å². The number of pyridine rings is 1. The van der Waals surface area contributed by atoms with Gasteiger partial charge in [-0.3, -0.25) is 9.69 Å². The maximum absolute atomic E-state index is 13.1. The van der Waals surface area contributed by atoms with Crippen LogP contribution in [0, 0.1) is 17.1 Å².